The SMILES string of the molecule is CCCCCCCCCCCCCCCCCC(=O)c1c(O)ccc(O)c1C#N. The summed E-state index contributed by atoms with van der Waals surface area (Å²) in [5.41, 5.74) is -0.172. The standard InChI is InChI=1S/C25H39NO3/c1-2-3-4-5-6-7-8-9-10-11-12-13-14-15-16-17-23(28)25-21(20-26)22(27)18-19-24(25)29/h18-19,27,29H,2-17H2,1H3. The van der Waals surface area contributed by atoms with Crippen LogP contribution < -0.4 is 0 Å². The zero-order chi connectivity index (χ0) is 21.3. The molecule has 0 amide bonds. The van der Waals surface area contributed by atoms with Gasteiger partial charge in [0, 0.05) is 6.42 Å². The van der Waals surface area contributed by atoms with Crippen molar-refractivity contribution in [1.82, 2.24) is 0 Å². The Morgan fingerprint density at radius 2 is 1.17 bits per heavy atom. The van der Waals surface area contributed by atoms with E-state index >= 15 is 0 Å². The summed E-state index contributed by atoms with van der Waals surface area (Å²) < 4.78 is 0. The minimum Gasteiger partial charge on any atom is -0.507 e. The fraction of sp³-hybridized carbons (Fsp3) is 0.680. The molecule has 0 fully saturated rings. The quantitative estimate of drug-likeness (QED) is 0.162. The molecule has 0 saturated heterocycles. The largest absolute Gasteiger partial charge is 0.507 e. The minimum absolute atomic E-state index is 0.0436. The number of phenols is 2. The van der Waals surface area contributed by atoms with E-state index < -0.39 is 0 Å². The van der Waals surface area contributed by atoms with Crippen LogP contribution in [0.3, 0.4) is 0 Å². The summed E-state index contributed by atoms with van der Waals surface area (Å²) in [7, 11) is 0. The van der Waals surface area contributed by atoms with E-state index in [1.807, 2.05) is 6.07 Å². The van der Waals surface area contributed by atoms with Crippen molar-refractivity contribution in [2.24, 2.45) is 0 Å². The first-order valence-electron chi connectivity index (χ1n) is 11.6. The van der Waals surface area contributed by atoms with Gasteiger partial charge in [0.2, 0.25) is 0 Å². The highest BCUT2D eigenvalue weighted by atomic mass is 16.3. The number of aromatic hydroxyl groups is 2. The van der Waals surface area contributed by atoms with E-state index in [9.17, 15) is 15.0 Å². The minimum atomic E-state index is -0.273. The van der Waals surface area contributed by atoms with E-state index in [-0.39, 0.29) is 28.4 Å². The monoisotopic (exact) mass is 401 g/mol. The lowest BCUT2D eigenvalue weighted by Crippen LogP contribution is -2.03. The van der Waals surface area contributed by atoms with E-state index in [4.69, 9.17) is 5.26 Å². The van der Waals surface area contributed by atoms with Gasteiger partial charge >= 0.3 is 0 Å². The fourth-order valence-electron chi connectivity index (χ4n) is 3.76. The Hall–Kier alpha value is -2.02. The third-order valence-corrected chi connectivity index (χ3v) is 5.56. The number of carbonyl (C=O) groups is 1. The summed E-state index contributed by atoms with van der Waals surface area (Å²) in [5, 5.41) is 28.6. The predicted molar refractivity (Wildman–Crippen MR) is 118 cm³/mol. The molecule has 0 spiro atoms. The van der Waals surface area contributed by atoms with Gasteiger partial charge in [-0.3, -0.25) is 4.79 Å². The highest BCUT2D eigenvalue weighted by molar-refractivity contribution is 6.01. The third kappa shape index (κ3) is 10.4. The summed E-state index contributed by atoms with van der Waals surface area (Å²) in [6.07, 6.45) is 19.3. The van der Waals surface area contributed by atoms with Crippen molar-refractivity contribution in [1.29, 1.82) is 5.26 Å². The molecular formula is C25H39NO3. The highest BCUT2D eigenvalue weighted by Gasteiger charge is 2.19. The number of hydrogen-bond acceptors (Lipinski definition) is 4. The van der Waals surface area contributed by atoms with Crippen molar-refractivity contribution >= 4 is 5.78 Å². The molecular weight excluding hydrogens is 362 g/mol. The molecule has 2 N–H and O–H groups in total. The van der Waals surface area contributed by atoms with Gasteiger partial charge in [0.05, 0.1) is 5.56 Å². The molecule has 1 aromatic rings. The van der Waals surface area contributed by atoms with Crippen molar-refractivity contribution in [3.63, 3.8) is 0 Å². The number of benzene rings is 1. The number of nitrogens with zero attached hydrogens (tertiary/aromatic N) is 1. The molecule has 162 valence electrons. The maximum atomic E-state index is 12.3. The van der Waals surface area contributed by atoms with E-state index in [1.165, 1.54) is 89.2 Å². The second kappa shape index (κ2) is 15.9. The molecule has 0 bridgehead atoms. The molecule has 1 rings (SSSR count). The molecule has 4 heteroatoms. The normalized spacial score (nSPS) is 10.8. The summed E-state index contributed by atoms with van der Waals surface area (Å²) >= 11 is 0. The first-order valence-corrected chi connectivity index (χ1v) is 11.6. The Morgan fingerprint density at radius 1 is 0.759 bits per heavy atom. The molecule has 1 aromatic carbocycles. The van der Waals surface area contributed by atoms with E-state index in [2.05, 4.69) is 6.92 Å². The molecule has 0 aliphatic carbocycles. The lowest BCUT2D eigenvalue weighted by Gasteiger charge is -2.07. The summed E-state index contributed by atoms with van der Waals surface area (Å²) in [4.78, 5) is 12.3. The molecule has 0 atom stereocenters. The van der Waals surface area contributed by atoms with Gasteiger partial charge < -0.3 is 10.2 Å². The highest BCUT2D eigenvalue weighted by Crippen LogP contribution is 2.29. The van der Waals surface area contributed by atoms with E-state index in [0.29, 0.717) is 6.42 Å². The van der Waals surface area contributed by atoms with E-state index in [0.717, 1.165) is 19.3 Å². The number of carbonyl (C=O) groups excluding carboxylic acids is 1. The maximum absolute atomic E-state index is 12.3. The van der Waals surface area contributed by atoms with Crippen molar-refractivity contribution < 1.29 is 15.0 Å². The first-order chi connectivity index (χ1) is 14.1. The molecule has 29 heavy (non-hydrogen) atoms. The van der Waals surface area contributed by atoms with Gasteiger partial charge in [-0.25, -0.2) is 0 Å². The number of rotatable bonds is 17. The van der Waals surface area contributed by atoms with Gasteiger partial charge in [-0.1, -0.05) is 96.8 Å². The zero-order valence-corrected chi connectivity index (χ0v) is 18.2. The van der Waals surface area contributed by atoms with Crippen LogP contribution in [0.5, 0.6) is 11.5 Å². The average Bonchev–Trinajstić information content (AvgIpc) is 2.72. The lowest BCUT2D eigenvalue weighted by molar-refractivity contribution is 0.0975. The average molecular weight is 402 g/mol. The molecule has 0 aliphatic rings. The molecule has 0 aliphatic heterocycles. The Bertz CT molecular complexity index is 634. The van der Waals surface area contributed by atoms with Gasteiger partial charge in [0.15, 0.2) is 5.78 Å². The van der Waals surface area contributed by atoms with Crippen molar-refractivity contribution in [2.75, 3.05) is 0 Å². The Labute approximate surface area is 177 Å². The van der Waals surface area contributed by atoms with Crippen LogP contribution in [0, 0.1) is 11.3 Å². The number of phenolic OH excluding ortho intramolecular Hbond substituents is 2. The fourth-order valence-corrected chi connectivity index (χ4v) is 3.76. The van der Waals surface area contributed by atoms with Crippen molar-refractivity contribution in [3.05, 3.63) is 23.3 Å². The summed E-state index contributed by atoms with van der Waals surface area (Å²) in [5.74, 6) is -0.764. The van der Waals surface area contributed by atoms with Crippen LogP contribution in [-0.2, 0) is 0 Å². The van der Waals surface area contributed by atoms with Gasteiger partial charge in [-0.05, 0) is 18.6 Å². The second-order valence-electron chi connectivity index (χ2n) is 8.09. The third-order valence-electron chi connectivity index (χ3n) is 5.56. The van der Waals surface area contributed by atoms with Crippen LogP contribution >= 0.6 is 0 Å². The number of unbranched alkanes of at least 4 members (excludes halogenated alkanes) is 14. The van der Waals surface area contributed by atoms with E-state index in [1.54, 1.807) is 0 Å². The van der Waals surface area contributed by atoms with Crippen LogP contribution in [0.2, 0.25) is 0 Å². The summed E-state index contributed by atoms with van der Waals surface area (Å²) in [6, 6.07) is 4.30. The van der Waals surface area contributed by atoms with Crippen LogP contribution in [0.25, 0.3) is 0 Å². The Morgan fingerprint density at radius 3 is 1.62 bits per heavy atom. The van der Waals surface area contributed by atoms with Crippen molar-refractivity contribution in [2.45, 2.75) is 110 Å². The smallest absolute Gasteiger partial charge is 0.168 e. The lowest BCUT2D eigenvalue weighted by atomic mass is 9.97. The van der Waals surface area contributed by atoms with Crippen LogP contribution in [0.4, 0.5) is 0 Å². The zero-order valence-electron chi connectivity index (χ0n) is 18.2. The van der Waals surface area contributed by atoms with Crippen LogP contribution in [0.1, 0.15) is 126 Å². The Kier molecular flexibility index (Phi) is 13.7. The summed E-state index contributed by atoms with van der Waals surface area (Å²) in [6.45, 7) is 2.26. The van der Waals surface area contributed by atoms with Gasteiger partial charge in [-0.15, -0.1) is 0 Å². The Balaban J connectivity index is 2.02. The van der Waals surface area contributed by atoms with Crippen LogP contribution in [-0.4, -0.2) is 16.0 Å². The van der Waals surface area contributed by atoms with Crippen LogP contribution in [0.15, 0.2) is 12.1 Å². The number of hydrogen-bond donors (Lipinski definition) is 2. The van der Waals surface area contributed by atoms with Gasteiger partial charge in [0.1, 0.15) is 23.1 Å². The molecule has 0 radical (unpaired) electrons. The van der Waals surface area contributed by atoms with Gasteiger partial charge in [0.25, 0.3) is 0 Å². The molecule has 4 nitrogen and oxygen atoms in total. The molecule has 0 aromatic heterocycles. The maximum Gasteiger partial charge on any atom is 0.168 e. The number of ketones is 1. The molecule has 0 saturated carbocycles. The van der Waals surface area contributed by atoms with Crippen molar-refractivity contribution in [3.8, 4) is 17.6 Å². The molecule has 0 heterocycles. The second-order valence-corrected chi connectivity index (χ2v) is 8.09. The molecule has 0 unspecified atom stereocenters. The predicted octanol–water partition coefficient (Wildman–Crippen LogP) is 7.41. The topological polar surface area (TPSA) is 81.3 Å². The number of Topliss-reactive ketones (excluding diaryl/α,β-unsaturated/α-hetero) is 1. The van der Waals surface area contributed by atoms with Gasteiger partial charge in [-0.2, -0.15) is 5.26 Å². The number of nitriles is 1. The first kappa shape index (κ1) is 25.0.